The monoisotopic (exact) mass is 473 g/mol. The molecule has 0 amide bonds. The van der Waals surface area contributed by atoms with E-state index in [2.05, 4.69) is 24.7 Å². The number of anilines is 1. The first-order valence-electron chi connectivity index (χ1n) is 10.5. The summed E-state index contributed by atoms with van der Waals surface area (Å²) in [5, 5.41) is 14.2. The first kappa shape index (κ1) is 24.8. The van der Waals surface area contributed by atoms with E-state index < -0.39 is 15.6 Å². The fourth-order valence-corrected chi connectivity index (χ4v) is 4.28. The number of sulfonamides is 1. The summed E-state index contributed by atoms with van der Waals surface area (Å²) in [6.45, 7) is 6.38. The van der Waals surface area contributed by atoms with Crippen molar-refractivity contribution in [1.82, 2.24) is 29.4 Å². The SMILES string of the molecule is Cc1ccc(S(=O)(=O)NCC(C)(C)O)cc1-c1cnc(N)c(-c2cnn(CCN(C)C)c2)n1. The Morgan fingerprint density at radius 2 is 1.97 bits per heavy atom. The first-order valence-corrected chi connectivity index (χ1v) is 12.0. The molecule has 0 saturated carbocycles. The number of rotatable bonds is 9. The van der Waals surface area contributed by atoms with Gasteiger partial charge in [-0.15, -0.1) is 0 Å². The molecule has 0 fully saturated rings. The number of nitrogens with two attached hydrogens (primary N) is 1. The molecule has 10 nitrogen and oxygen atoms in total. The van der Waals surface area contributed by atoms with Crippen molar-refractivity contribution >= 4 is 15.8 Å². The van der Waals surface area contributed by atoms with E-state index in [9.17, 15) is 13.5 Å². The van der Waals surface area contributed by atoms with Gasteiger partial charge >= 0.3 is 0 Å². The van der Waals surface area contributed by atoms with Gasteiger partial charge in [-0.3, -0.25) is 4.68 Å². The minimum Gasteiger partial charge on any atom is -0.389 e. The summed E-state index contributed by atoms with van der Waals surface area (Å²) >= 11 is 0. The molecule has 11 heteroatoms. The predicted octanol–water partition coefficient (Wildman–Crippen LogP) is 1.51. The van der Waals surface area contributed by atoms with E-state index in [0.717, 1.165) is 24.2 Å². The lowest BCUT2D eigenvalue weighted by atomic mass is 10.1. The fourth-order valence-electron chi connectivity index (χ4n) is 3.05. The van der Waals surface area contributed by atoms with Gasteiger partial charge in [-0.25, -0.2) is 23.1 Å². The number of nitrogens with one attached hydrogen (secondary N) is 1. The maximum absolute atomic E-state index is 12.7. The van der Waals surface area contributed by atoms with Crippen molar-refractivity contribution in [2.45, 2.75) is 37.8 Å². The summed E-state index contributed by atoms with van der Waals surface area (Å²) in [5.41, 5.74) is 8.10. The third kappa shape index (κ3) is 6.35. The summed E-state index contributed by atoms with van der Waals surface area (Å²) in [6, 6.07) is 4.78. The van der Waals surface area contributed by atoms with Crippen LogP contribution in [0.15, 0.2) is 41.7 Å². The quantitative estimate of drug-likeness (QED) is 0.425. The molecule has 0 aliphatic heterocycles. The number of benzene rings is 1. The molecule has 2 heterocycles. The normalized spacial score (nSPS) is 12.5. The lowest BCUT2D eigenvalue weighted by molar-refractivity contribution is 0.0857. The molecule has 2 aromatic heterocycles. The Hall–Kier alpha value is -2.86. The second-order valence-electron chi connectivity index (χ2n) is 8.90. The van der Waals surface area contributed by atoms with Crippen LogP contribution in [0.25, 0.3) is 22.5 Å². The number of nitrogens with zero attached hydrogens (tertiary/aromatic N) is 5. The Morgan fingerprint density at radius 3 is 2.64 bits per heavy atom. The van der Waals surface area contributed by atoms with Crippen molar-refractivity contribution in [3.05, 3.63) is 42.4 Å². The van der Waals surface area contributed by atoms with Gasteiger partial charge in [0.25, 0.3) is 0 Å². The Bertz CT molecular complexity index is 1230. The fraction of sp³-hybridized carbons (Fsp3) is 0.409. The highest BCUT2D eigenvalue weighted by Gasteiger charge is 2.21. The third-order valence-electron chi connectivity index (χ3n) is 4.97. The van der Waals surface area contributed by atoms with Crippen molar-refractivity contribution < 1.29 is 13.5 Å². The first-order chi connectivity index (χ1) is 15.4. The van der Waals surface area contributed by atoms with Crippen molar-refractivity contribution in [2.24, 2.45) is 0 Å². The number of aryl methyl sites for hydroxylation is 1. The molecule has 0 bridgehead atoms. The standard InChI is InChI=1S/C22H31N7O3S/c1-15-6-7-17(33(31,32)26-14-22(2,3)30)10-18(15)19-12-24-21(23)20(27-19)16-11-25-29(13-16)9-8-28(4)5/h6-7,10-13,26,30H,8-9,14H2,1-5H3,(H2,23,24). The lowest BCUT2D eigenvalue weighted by Crippen LogP contribution is -2.38. The van der Waals surface area contributed by atoms with Gasteiger partial charge in [0.1, 0.15) is 11.5 Å². The largest absolute Gasteiger partial charge is 0.389 e. The van der Waals surface area contributed by atoms with Crippen molar-refractivity contribution in [1.29, 1.82) is 0 Å². The van der Waals surface area contributed by atoms with E-state index in [1.54, 1.807) is 18.3 Å². The topological polar surface area (TPSA) is 139 Å². The van der Waals surface area contributed by atoms with Gasteiger partial charge in [-0.1, -0.05) is 6.07 Å². The van der Waals surface area contributed by atoms with Gasteiger partial charge in [0, 0.05) is 30.4 Å². The zero-order valence-electron chi connectivity index (χ0n) is 19.6. The van der Waals surface area contributed by atoms with E-state index in [1.807, 2.05) is 31.9 Å². The van der Waals surface area contributed by atoms with E-state index in [0.29, 0.717) is 17.0 Å². The van der Waals surface area contributed by atoms with Crippen LogP contribution in [0, 0.1) is 6.92 Å². The molecular formula is C22H31N7O3S. The summed E-state index contributed by atoms with van der Waals surface area (Å²) in [7, 11) is 0.167. The van der Waals surface area contributed by atoms with Gasteiger partial charge in [0.2, 0.25) is 10.0 Å². The molecule has 4 N–H and O–H groups in total. The highest BCUT2D eigenvalue weighted by Crippen LogP contribution is 2.29. The highest BCUT2D eigenvalue weighted by molar-refractivity contribution is 7.89. The van der Waals surface area contributed by atoms with Gasteiger partial charge in [0.05, 0.1) is 35.1 Å². The minimum absolute atomic E-state index is 0.0732. The number of hydrogen-bond donors (Lipinski definition) is 3. The summed E-state index contributed by atoms with van der Waals surface area (Å²) in [4.78, 5) is 11.1. The van der Waals surface area contributed by atoms with Crippen LogP contribution in [0.1, 0.15) is 19.4 Å². The van der Waals surface area contributed by atoms with Crippen molar-refractivity contribution in [3.63, 3.8) is 0 Å². The van der Waals surface area contributed by atoms with Gasteiger partial charge in [-0.05, 0) is 52.6 Å². The molecule has 0 radical (unpaired) electrons. The van der Waals surface area contributed by atoms with Crippen molar-refractivity contribution in [3.8, 4) is 22.5 Å². The molecule has 178 valence electrons. The summed E-state index contributed by atoms with van der Waals surface area (Å²) in [5.74, 6) is 0.263. The number of nitrogen functional groups attached to an aromatic ring is 1. The van der Waals surface area contributed by atoms with Crippen LogP contribution in [-0.4, -0.2) is 71.0 Å². The number of hydrogen-bond acceptors (Lipinski definition) is 8. The molecule has 33 heavy (non-hydrogen) atoms. The molecule has 0 aliphatic carbocycles. The van der Waals surface area contributed by atoms with Crippen LogP contribution in [0.2, 0.25) is 0 Å². The average Bonchev–Trinajstić information content (AvgIpc) is 3.20. The molecule has 3 rings (SSSR count). The van der Waals surface area contributed by atoms with Gasteiger partial charge < -0.3 is 15.7 Å². The zero-order valence-corrected chi connectivity index (χ0v) is 20.4. The minimum atomic E-state index is -3.82. The Morgan fingerprint density at radius 1 is 1.24 bits per heavy atom. The molecule has 0 saturated heterocycles. The smallest absolute Gasteiger partial charge is 0.240 e. The van der Waals surface area contributed by atoms with Crippen LogP contribution in [-0.2, 0) is 16.6 Å². The van der Waals surface area contributed by atoms with Crippen LogP contribution >= 0.6 is 0 Å². The van der Waals surface area contributed by atoms with E-state index in [1.165, 1.54) is 26.1 Å². The van der Waals surface area contributed by atoms with E-state index in [4.69, 9.17) is 5.73 Å². The average molecular weight is 474 g/mol. The lowest BCUT2D eigenvalue weighted by Gasteiger charge is -2.18. The summed E-state index contributed by atoms with van der Waals surface area (Å²) in [6.07, 6.45) is 5.08. The zero-order chi connectivity index (χ0) is 24.4. The van der Waals surface area contributed by atoms with Crippen molar-refractivity contribution in [2.75, 3.05) is 32.9 Å². The van der Waals surface area contributed by atoms with E-state index in [-0.39, 0.29) is 17.3 Å². The maximum Gasteiger partial charge on any atom is 0.240 e. The molecule has 0 atom stereocenters. The second kappa shape index (κ2) is 9.56. The molecular weight excluding hydrogens is 442 g/mol. The number of likely N-dealkylation sites (N-methyl/N-ethyl adjacent to an activating group) is 1. The third-order valence-corrected chi connectivity index (χ3v) is 6.37. The van der Waals surface area contributed by atoms with Gasteiger partial charge in [0.15, 0.2) is 0 Å². The van der Waals surface area contributed by atoms with Crippen LogP contribution in [0.5, 0.6) is 0 Å². The Kier molecular flexibility index (Phi) is 7.17. The second-order valence-corrected chi connectivity index (χ2v) is 10.7. The Balaban J connectivity index is 1.95. The maximum atomic E-state index is 12.7. The molecule has 3 aromatic rings. The molecule has 0 aliphatic rings. The highest BCUT2D eigenvalue weighted by atomic mass is 32.2. The number of aliphatic hydroxyl groups is 1. The van der Waals surface area contributed by atoms with Crippen LogP contribution in [0.4, 0.5) is 5.82 Å². The predicted molar refractivity (Wildman–Crippen MR) is 128 cm³/mol. The number of aromatic nitrogens is 4. The van der Waals surface area contributed by atoms with Crippen LogP contribution in [0.3, 0.4) is 0 Å². The van der Waals surface area contributed by atoms with E-state index >= 15 is 0 Å². The molecule has 0 spiro atoms. The Labute approximate surface area is 194 Å². The summed E-state index contributed by atoms with van der Waals surface area (Å²) < 4.78 is 29.7. The molecule has 1 aromatic carbocycles. The van der Waals surface area contributed by atoms with Gasteiger partial charge in [-0.2, -0.15) is 5.10 Å². The van der Waals surface area contributed by atoms with Crippen LogP contribution < -0.4 is 10.5 Å². The molecule has 0 unspecified atom stereocenters.